The summed E-state index contributed by atoms with van der Waals surface area (Å²) < 4.78 is 18.5. The zero-order valence-corrected chi connectivity index (χ0v) is 9.94. The first-order valence-corrected chi connectivity index (χ1v) is 6.12. The fraction of sp³-hybridized carbons (Fsp3) is 0.538. The Labute approximate surface area is 101 Å². The summed E-state index contributed by atoms with van der Waals surface area (Å²) in [7, 11) is 0. The minimum atomic E-state index is -0.227. The molecular weight excluding hydrogens is 219 g/mol. The van der Waals surface area contributed by atoms with Gasteiger partial charge in [-0.25, -0.2) is 4.39 Å². The van der Waals surface area contributed by atoms with E-state index >= 15 is 0 Å². The molecule has 2 rings (SSSR count). The van der Waals surface area contributed by atoms with Gasteiger partial charge >= 0.3 is 0 Å². The molecule has 1 aromatic carbocycles. The van der Waals surface area contributed by atoms with E-state index in [0.29, 0.717) is 6.54 Å². The molecule has 1 heterocycles. The molecule has 0 aliphatic carbocycles. The van der Waals surface area contributed by atoms with Crippen LogP contribution in [-0.4, -0.2) is 37.2 Å². The van der Waals surface area contributed by atoms with Crippen molar-refractivity contribution in [2.45, 2.75) is 18.9 Å². The van der Waals surface area contributed by atoms with E-state index in [4.69, 9.17) is 10.5 Å². The Morgan fingerprint density at radius 2 is 1.88 bits per heavy atom. The Morgan fingerprint density at radius 3 is 2.47 bits per heavy atom. The molecule has 1 aromatic rings. The minimum absolute atomic E-state index is 0.227. The van der Waals surface area contributed by atoms with Gasteiger partial charge in [0.25, 0.3) is 0 Å². The van der Waals surface area contributed by atoms with E-state index in [2.05, 4.69) is 4.90 Å². The molecular formula is C13H19FN2O. The summed E-state index contributed by atoms with van der Waals surface area (Å²) in [5, 5.41) is 0. The van der Waals surface area contributed by atoms with Crippen LogP contribution in [0.3, 0.4) is 0 Å². The van der Waals surface area contributed by atoms with Crippen LogP contribution in [0.5, 0.6) is 5.75 Å². The van der Waals surface area contributed by atoms with Gasteiger partial charge in [-0.3, -0.25) is 0 Å². The molecule has 94 valence electrons. The number of hydrogen-bond donors (Lipinski definition) is 1. The monoisotopic (exact) mass is 238 g/mol. The Hall–Kier alpha value is -1.13. The summed E-state index contributed by atoms with van der Waals surface area (Å²) in [6.45, 7) is 3.73. The van der Waals surface area contributed by atoms with E-state index in [0.717, 1.165) is 38.2 Å². The molecule has 1 saturated heterocycles. The molecule has 0 radical (unpaired) electrons. The molecule has 0 unspecified atom stereocenters. The molecule has 1 aliphatic rings. The first-order chi connectivity index (χ1) is 8.28. The van der Waals surface area contributed by atoms with Crippen LogP contribution in [0, 0.1) is 5.82 Å². The molecule has 1 aliphatic heterocycles. The first kappa shape index (κ1) is 12.3. The quantitative estimate of drug-likeness (QED) is 0.866. The van der Waals surface area contributed by atoms with Gasteiger partial charge in [0.1, 0.15) is 17.7 Å². The fourth-order valence-corrected chi connectivity index (χ4v) is 2.14. The summed E-state index contributed by atoms with van der Waals surface area (Å²) >= 11 is 0. The number of ether oxygens (including phenoxy) is 1. The third-order valence-corrected chi connectivity index (χ3v) is 3.10. The van der Waals surface area contributed by atoms with Crippen molar-refractivity contribution < 1.29 is 9.13 Å². The number of nitrogens with zero attached hydrogens (tertiary/aromatic N) is 1. The molecule has 0 aromatic heterocycles. The van der Waals surface area contributed by atoms with Crippen molar-refractivity contribution in [1.29, 1.82) is 0 Å². The zero-order chi connectivity index (χ0) is 12.1. The van der Waals surface area contributed by atoms with Gasteiger partial charge in [-0.2, -0.15) is 0 Å². The fourth-order valence-electron chi connectivity index (χ4n) is 2.14. The third-order valence-electron chi connectivity index (χ3n) is 3.10. The van der Waals surface area contributed by atoms with E-state index in [-0.39, 0.29) is 11.9 Å². The van der Waals surface area contributed by atoms with E-state index in [1.54, 1.807) is 12.1 Å². The average Bonchev–Trinajstić information content (AvgIpc) is 2.35. The van der Waals surface area contributed by atoms with Gasteiger partial charge in [-0.15, -0.1) is 0 Å². The highest BCUT2D eigenvalue weighted by Crippen LogP contribution is 2.19. The predicted octanol–water partition coefficient (Wildman–Crippen LogP) is 1.63. The van der Waals surface area contributed by atoms with E-state index < -0.39 is 0 Å². The molecule has 4 heteroatoms. The Bertz CT molecular complexity index is 334. The maximum absolute atomic E-state index is 12.7. The largest absolute Gasteiger partial charge is 0.490 e. The normalized spacial score (nSPS) is 18.2. The SMILES string of the molecule is NCCN1CCC(Oc2ccc(F)cc2)CC1. The highest BCUT2D eigenvalue weighted by atomic mass is 19.1. The van der Waals surface area contributed by atoms with Crippen LogP contribution in [0.4, 0.5) is 4.39 Å². The lowest BCUT2D eigenvalue weighted by Crippen LogP contribution is -2.40. The summed E-state index contributed by atoms with van der Waals surface area (Å²) in [6, 6.07) is 6.22. The van der Waals surface area contributed by atoms with E-state index in [1.807, 2.05) is 0 Å². The summed E-state index contributed by atoms with van der Waals surface area (Å²) in [5.74, 6) is 0.527. The van der Waals surface area contributed by atoms with Gasteiger partial charge in [-0.1, -0.05) is 0 Å². The maximum Gasteiger partial charge on any atom is 0.123 e. The minimum Gasteiger partial charge on any atom is -0.490 e. The van der Waals surface area contributed by atoms with Crippen molar-refractivity contribution in [3.05, 3.63) is 30.1 Å². The standard InChI is InChI=1S/C13H19FN2O/c14-11-1-3-12(4-2-11)17-13-5-8-16(9-6-13)10-7-15/h1-4,13H,5-10,15H2. The van der Waals surface area contributed by atoms with Crippen LogP contribution >= 0.6 is 0 Å². The molecule has 0 spiro atoms. The van der Waals surface area contributed by atoms with Crippen LogP contribution < -0.4 is 10.5 Å². The molecule has 0 amide bonds. The molecule has 0 saturated carbocycles. The van der Waals surface area contributed by atoms with Crippen molar-refractivity contribution >= 4 is 0 Å². The van der Waals surface area contributed by atoms with Crippen LogP contribution in [-0.2, 0) is 0 Å². The first-order valence-electron chi connectivity index (χ1n) is 6.12. The van der Waals surface area contributed by atoms with Gasteiger partial charge in [-0.05, 0) is 37.1 Å². The van der Waals surface area contributed by atoms with Crippen molar-refractivity contribution in [3.63, 3.8) is 0 Å². The topological polar surface area (TPSA) is 38.5 Å². The molecule has 17 heavy (non-hydrogen) atoms. The zero-order valence-electron chi connectivity index (χ0n) is 9.94. The van der Waals surface area contributed by atoms with E-state index in [1.165, 1.54) is 12.1 Å². The number of likely N-dealkylation sites (tertiary alicyclic amines) is 1. The van der Waals surface area contributed by atoms with Gasteiger partial charge in [0.15, 0.2) is 0 Å². The van der Waals surface area contributed by atoms with E-state index in [9.17, 15) is 4.39 Å². The van der Waals surface area contributed by atoms with Gasteiger partial charge in [0.2, 0.25) is 0 Å². The summed E-state index contributed by atoms with van der Waals surface area (Å²) in [4.78, 5) is 2.35. The van der Waals surface area contributed by atoms with Crippen molar-refractivity contribution in [2.24, 2.45) is 5.73 Å². The van der Waals surface area contributed by atoms with Crippen LogP contribution in [0.15, 0.2) is 24.3 Å². The van der Waals surface area contributed by atoms with Crippen molar-refractivity contribution in [1.82, 2.24) is 4.90 Å². The lowest BCUT2D eigenvalue weighted by atomic mass is 10.1. The molecule has 2 N–H and O–H groups in total. The molecule has 3 nitrogen and oxygen atoms in total. The second kappa shape index (κ2) is 5.98. The van der Waals surface area contributed by atoms with Crippen molar-refractivity contribution in [3.8, 4) is 5.75 Å². The number of piperidine rings is 1. The summed E-state index contributed by atoms with van der Waals surface area (Å²) in [5.41, 5.74) is 5.52. The van der Waals surface area contributed by atoms with Gasteiger partial charge in [0.05, 0.1) is 0 Å². The van der Waals surface area contributed by atoms with Gasteiger partial charge in [0, 0.05) is 26.2 Å². The molecule has 0 bridgehead atoms. The molecule has 1 fully saturated rings. The van der Waals surface area contributed by atoms with Crippen molar-refractivity contribution in [2.75, 3.05) is 26.2 Å². The summed E-state index contributed by atoms with van der Waals surface area (Å²) in [6.07, 6.45) is 2.27. The van der Waals surface area contributed by atoms with Crippen LogP contribution in [0.2, 0.25) is 0 Å². The number of benzene rings is 1. The number of halogens is 1. The number of rotatable bonds is 4. The lowest BCUT2D eigenvalue weighted by Gasteiger charge is -2.31. The predicted molar refractivity (Wildman–Crippen MR) is 65.5 cm³/mol. The average molecular weight is 238 g/mol. The Balaban J connectivity index is 1.79. The lowest BCUT2D eigenvalue weighted by molar-refractivity contribution is 0.102. The second-order valence-electron chi connectivity index (χ2n) is 4.40. The Kier molecular flexibility index (Phi) is 4.34. The third kappa shape index (κ3) is 3.68. The smallest absolute Gasteiger partial charge is 0.123 e. The van der Waals surface area contributed by atoms with Gasteiger partial charge < -0.3 is 15.4 Å². The second-order valence-corrected chi connectivity index (χ2v) is 4.40. The highest BCUT2D eigenvalue weighted by molar-refractivity contribution is 5.22. The highest BCUT2D eigenvalue weighted by Gasteiger charge is 2.19. The maximum atomic E-state index is 12.7. The Morgan fingerprint density at radius 1 is 1.24 bits per heavy atom. The van der Waals surface area contributed by atoms with Crippen LogP contribution in [0.1, 0.15) is 12.8 Å². The van der Waals surface area contributed by atoms with Crippen LogP contribution in [0.25, 0.3) is 0 Å². The number of nitrogens with two attached hydrogens (primary N) is 1. The molecule has 0 atom stereocenters. The number of hydrogen-bond acceptors (Lipinski definition) is 3.